The van der Waals surface area contributed by atoms with Crippen molar-refractivity contribution in [3.63, 3.8) is 0 Å². The molecule has 0 N–H and O–H groups in total. The first-order valence-corrected chi connectivity index (χ1v) is 6.01. The zero-order valence-electron chi connectivity index (χ0n) is 10.2. The van der Waals surface area contributed by atoms with Gasteiger partial charge in [-0.3, -0.25) is 4.99 Å². The molecule has 15 heavy (non-hydrogen) atoms. The summed E-state index contributed by atoms with van der Waals surface area (Å²) in [7, 11) is 10.4. The Bertz CT molecular complexity index is 273. The molecule has 2 fully saturated rings. The van der Waals surface area contributed by atoms with Crippen molar-refractivity contribution in [2.45, 2.75) is 50.4 Å². The van der Waals surface area contributed by atoms with Crippen LogP contribution in [0.4, 0.5) is 0 Å². The van der Waals surface area contributed by atoms with Crippen molar-refractivity contribution in [2.24, 2.45) is 10.9 Å². The zero-order valence-corrected chi connectivity index (χ0v) is 10.2. The predicted octanol–water partition coefficient (Wildman–Crippen LogP) is 2.26. The molecule has 0 aromatic heterocycles. The van der Waals surface area contributed by atoms with E-state index in [-0.39, 0.29) is 5.31 Å². The van der Waals surface area contributed by atoms with E-state index in [2.05, 4.69) is 23.9 Å². The highest BCUT2D eigenvalue weighted by Crippen LogP contribution is 2.45. The molecule has 3 heteroatoms. The topological polar surface area (TPSA) is 15.6 Å². The Balaban J connectivity index is 2.16. The molecule has 2 aliphatic rings. The average molecular weight is 204 g/mol. The van der Waals surface area contributed by atoms with Crippen molar-refractivity contribution in [1.82, 2.24) is 4.90 Å². The van der Waals surface area contributed by atoms with Crippen LogP contribution in [-0.2, 0) is 0 Å². The van der Waals surface area contributed by atoms with Crippen LogP contribution in [-0.4, -0.2) is 38.7 Å². The lowest BCUT2D eigenvalue weighted by Crippen LogP contribution is -2.31. The third-order valence-corrected chi connectivity index (χ3v) is 4.13. The molecular weight excluding hydrogens is 183 g/mol. The SMILES string of the molecule is [B]C1(C)CCCC2C(CC(=NC)N2C)C1. The van der Waals surface area contributed by atoms with Gasteiger partial charge in [0.1, 0.15) is 0 Å². The van der Waals surface area contributed by atoms with Crippen molar-refractivity contribution in [3.05, 3.63) is 0 Å². The summed E-state index contributed by atoms with van der Waals surface area (Å²) in [5.74, 6) is 1.99. The van der Waals surface area contributed by atoms with E-state index in [0.29, 0.717) is 6.04 Å². The minimum Gasteiger partial charge on any atom is -0.360 e. The number of hydrogen-bond donors (Lipinski definition) is 0. The lowest BCUT2D eigenvalue weighted by molar-refractivity contribution is 0.292. The summed E-state index contributed by atoms with van der Waals surface area (Å²) in [4.78, 5) is 6.75. The van der Waals surface area contributed by atoms with Crippen LogP contribution in [0.3, 0.4) is 0 Å². The maximum absolute atomic E-state index is 6.31. The van der Waals surface area contributed by atoms with Gasteiger partial charge in [-0.2, -0.15) is 0 Å². The van der Waals surface area contributed by atoms with E-state index in [1.807, 2.05) is 7.05 Å². The van der Waals surface area contributed by atoms with E-state index in [4.69, 9.17) is 7.85 Å². The number of hydrogen-bond acceptors (Lipinski definition) is 1. The predicted molar refractivity (Wildman–Crippen MR) is 65.6 cm³/mol. The van der Waals surface area contributed by atoms with Crippen LogP contribution >= 0.6 is 0 Å². The number of rotatable bonds is 0. The lowest BCUT2D eigenvalue weighted by Gasteiger charge is -2.27. The largest absolute Gasteiger partial charge is 0.360 e. The molecule has 3 unspecified atom stereocenters. The van der Waals surface area contributed by atoms with Gasteiger partial charge in [0.2, 0.25) is 0 Å². The number of aliphatic imine (C=N–C) groups is 1. The maximum Gasteiger partial charge on any atom is 0.0989 e. The summed E-state index contributed by atoms with van der Waals surface area (Å²) in [5, 5.41) is 0.0451. The molecule has 1 aliphatic heterocycles. The summed E-state index contributed by atoms with van der Waals surface area (Å²) >= 11 is 0. The monoisotopic (exact) mass is 204 g/mol. The number of likely N-dealkylation sites (tertiary alicyclic amines) is 1. The zero-order chi connectivity index (χ0) is 11.1. The van der Waals surface area contributed by atoms with Crippen molar-refractivity contribution in [2.75, 3.05) is 14.1 Å². The van der Waals surface area contributed by atoms with Gasteiger partial charge in [-0.1, -0.05) is 31.5 Å². The van der Waals surface area contributed by atoms with Crippen molar-refractivity contribution in [3.8, 4) is 0 Å². The molecule has 0 aromatic carbocycles. The van der Waals surface area contributed by atoms with E-state index in [9.17, 15) is 0 Å². The molecule has 1 heterocycles. The first-order chi connectivity index (χ1) is 7.03. The third-order valence-electron chi connectivity index (χ3n) is 4.13. The molecule has 2 nitrogen and oxygen atoms in total. The van der Waals surface area contributed by atoms with Crippen LogP contribution in [0.5, 0.6) is 0 Å². The molecule has 1 aliphatic carbocycles. The number of nitrogens with zero attached hydrogens (tertiary/aromatic N) is 2. The molecule has 82 valence electrons. The highest BCUT2D eigenvalue weighted by molar-refractivity contribution is 6.14. The van der Waals surface area contributed by atoms with Crippen LogP contribution in [0.2, 0.25) is 5.31 Å². The number of amidine groups is 1. The second-order valence-electron chi connectivity index (χ2n) is 5.53. The maximum atomic E-state index is 6.31. The molecule has 0 aromatic rings. The van der Waals surface area contributed by atoms with Gasteiger partial charge in [0.05, 0.1) is 13.7 Å². The second-order valence-corrected chi connectivity index (χ2v) is 5.53. The van der Waals surface area contributed by atoms with Gasteiger partial charge in [0.25, 0.3) is 0 Å². The smallest absolute Gasteiger partial charge is 0.0989 e. The summed E-state index contributed by atoms with van der Waals surface area (Å²) in [5.41, 5.74) is 0. The minimum absolute atomic E-state index is 0.0451. The van der Waals surface area contributed by atoms with Gasteiger partial charge in [-0.05, 0) is 12.3 Å². The van der Waals surface area contributed by atoms with Gasteiger partial charge in [-0.25, -0.2) is 0 Å². The fraction of sp³-hybridized carbons (Fsp3) is 0.917. The van der Waals surface area contributed by atoms with Gasteiger partial charge < -0.3 is 4.90 Å². The Morgan fingerprint density at radius 2 is 2.27 bits per heavy atom. The van der Waals surface area contributed by atoms with Crippen LogP contribution < -0.4 is 0 Å². The Morgan fingerprint density at radius 1 is 1.53 bits per heavy atom. The second kappa shape index (κ2) is 3.84. The van der Waals surface area contributed by atoms with Crippen molar-refractivity contribution >= 4 is 13.7 Å². The fourth-order valence-corrected chi connectivity index (χ4v) is 3.32. The molecule has 3 atom stereocenters. The molecule has 1 saturated heterocycles. The number of fused-ring (bicyclic) bond motifs is 1. The normalized spacial score (nSPS) is 44.2. The first kappa shape index (κ1) is 11.0. The Labute approximate surface area is 94.5 Å². The third kappa shape index (κ3) is 2.06. The lowest BCUT2D eigenvalue weighted by atomic mass is 9.64. The van der Waals surface area contributed by atoms with Gasteiger partial charge in [0.15, 0.2) is 0 Å². The van der Waals surface area contributed by atoms with Gasteiger partial charge >= 0.3 is 0 Å². The van der Waals surface area contributed by atoms with E-state index < -0.39 is 0 Å². The summed E-state index contributed by atoms with van der Waals surface area (Å²) in [6.07, 6.45) is 6.00. The van der Waals surface area contributed by atoms with Crippen molar-refractivity contribution < 1.29 is 0 Å². The van der Waals surface area contributed by atoms with Crippen LogP contribution in [0, 0.1) is 5.92 Å². The van der Waals surface area contributed by atoms with E-state index in [0.717, 1.165) is 18.8 Å². The Kier molecular flexibility index (Phi) is 2.82. The fourth-order valence-electron chi connectivity index (χ4n) is 3.32. The molecule has 0 amide bonds. The average Bonchev–Trinajstić information content (AvgIpc) is 2.37. The molecular formula is C12H21BN2. The summed E-state index contributed by atoms with van der Waals surface area (Å²) < 4.78 is 0. The Hall–Kier alpha value is -0.465. The minimum atomic E-state index is 0.0451. The van der Waals surface area contributed by atoms with Crippen LogP contribution in [0.15, 0.2) is 4.99 Å². The van der Waals surface area contributed by atoms with Crippen LogP contribution in [0.25, 0.3) is 0 Å². The highest BCUT2D eigenvalue weighted by Gasteiger charge is 2.40. The van der Waals surface area contributed by atoms with Gasteiger partial charge in [0, 0.05) is 26.6 Å². The molecule has 0 spiro atoms. The van der Waals surface area contributed by atoms with Gasteiger partial charge in [-0.15, -0.1) is 0 Å². The summed E-state index contributed by atoms with van der Waals surface area (Å²) in [6.45, 7) is 2.20. The molecule has 0 bridgehead atoms. The highest BCUT2D eigenvalue weighted by atomic mass is 15.2. The molecule has 2 rings (SSSR count). The first-order valence-electron chi connectivity index (χ1n) is 6.01. The quantitative estimate of drug-likeness (QED) is 0.552. The van der Waals surface area contributed by atoms with Crippen LogP contribution in [0.1, 0.15) is 39.0 Å². The Morgan fingerprint density at radius 3 is 2.93 bits per heavy atom. The molecule has 2 radical (unpaired) electrons. The summed E-state index contributed by atoms with van der Waals surface area (Å²) in [6, 6.07) is 0.689. The van der Waals surface area contributed by atoms with E-state index in [1.54, 1.807) is 0 Å². The van der Waals surface area contributed by atoms with E-state index in [1.165, 1.54) is 25.1 Å². The molecule has 1 saturated carbocycles. The standard InChI is InChI=1S/C12H21BN2/c1-12(13)6-4-5-10-9(8-12)7-11(14-2)15(10)3/h9-10H,4-8H2,1-3H3. The van der Waals surface area contributed by atoms with Crippen molar-refractivity contribution in [1.29, 1.82) is 0 Å². The van der Waals surface area contributed by atoms with E-state index >= 15 is 0 Å².